The fourth-order valence-corrected chi connectivity index (χ4v) is 3.26. The molecule has 7 nitrogen and oxygen atoms in total. The number of anilines is 1. The molecule has 0 aromatic heterocycles. The molecule has 148 valence electrons. The van der Waals surface area contributed by atoms with Gasteiger partial charge in [0.05, 0.1) is 11.0 Å². The SMILES string of the molecule is CC(C(=O)Nc1ccc([N+](=O)[O-])cc1)N1CCN(Cc2ccccc2F)CC1. The maximum atomic E-state index is 13.8. The van der Waals surface area contributed by atoms with Crippen LogP contribution >= 0.6 is 0 Å². The van der Waals surface area contributed by atoms with Crippen LogP contribution in [0.4, 0.5) is 15.8 Å². The van der Waals surface area contributed by atoms with Crippen LogP contribution in [0, 0.1) is 15.9 Å². The third kappa shape index (κ3) is 4.90. The number of nitrogens with zero attached hydrogens (tertiary/aromatic N) is 3. The van der Waals surface area contributed by atoms with Crippen LogP contribution < -0.4 is 5.32 Å². The first-order chi connectivity index (χ1) is 13.4. The van der Waals surface area contributed by atoms with Crippen molar-refractivity contribution in [3.05, 3.63) is 70.0 Å². The second-order valence-electron chi connectivity index (χ2n) is 6.87. The first kappa shape index (κ1) is 19.9. The molecule has 1 aliphatic heterocycles. The molecule has 1 amide bonds. The zero-order chi connectivity index (χ0) is 20.1. The van der Waals surface area contributed by atoms with Gasteiger partial charge < -0.3 is 5.32 Å². The Morgan fingerprint density at radius 1 is 1.14 bits per heavy atom. The van der Waals surface area contributed by atoms with E-state index in [-0.39, 0.29) is 23.5 Å². The van der Waals surface area contributed by atoms with Crippen molar-refractivity contribution in [1.82, 2.24) is 9.80 Å². The molecule has 28 heavy (non-hydrogen) atoms. The van der Waals surface area contributed by atoms with E-state index in [1.54, 1.807) is 12.1 Å². The van der Waals surface area contributed by atoms with Crippen LogP contribution in [-0.2, 0) is 11.3 Å². The summed E-state index contributed by atoms with van der Waals surface area (Å²) in [6.45, 7) is 5.33. The summed E-state index contributed by atoms with van der Waals surface area (Å²) >= 11 is 0. The molecule has 3 rings (SSSR count). The number of hydrogen-bond donors (Lipinski definition) is 1. The molecule has 1 atom stereocenters. The molecule has 0 aliphatic carbocycles. The van der Waals surface area contributed by atoms with E-state index in [0.717, 1.165) is 13.1 Å². The Morgan fingerprint density at radius 3 is 2.39 bits per heavy atom. The molecule has 1 heterocycles. The lowest BCUT2D eigenvalue weighted by Gasteiger charge is -2.37. The highest BCUT2D eigenvalue weighted by atomic mass is 19.1. The van der Waals surface area contributed by atoms with E-state index >= 15 is 0 Å². The molecule has 8 heteroatoms. The Balaban J connectivity index is 1.50. The van der Waals surface area contributed by atoms with Gasteiger partial charge in [0.15, 0.2) is 0 Å². The molecule has 0 spiro atoms. The number of hydrogen-bond acceptors (Lipinski definition) is 5. The topological polar surface area (TPSA) is 78.7 Å². The Hall–Kier alpha value is -2.84. The van der Waals surface area contributed by atoms with Crippen molar-refractivity contribution in [2.75, 3.05) is 31.5 Å². The normalized spacial score (nSPS) is 16.5. The van der Waals surface area contributed by atoms with Crippen molar-refractivity contribution in [2.45, 2.75) is 19.5 Å². The highest BCUT2D eigenvalue weighted by Gasteiger charge is 2.26. The maximum Gasteiger partial charge on any atom is 0.269 e. The fourth-order valence-electron chi connectivity index (χ4n) is 3.26. The summed E-state index contributed by atoms with van der Waals surface area (Å²) in [6, 6.07) is 12.2. The Kier molecular flexibility index (Phi) is 6.33. The molecule has 1 aliphatic rings. The molecule has 1 N–H and O–H groups in total. The summed E-state index contributed by atoms with van der Waals surface area (Å²) in [6.07, 6.45) is 0. The lowest BCUT2D eigenvalue weighted by Crippen LogP contribution is -2.52. The van der Waals surface area contributed by atoms with Crippen molar-refractivity contribution in [3.8, 4) is 0 Å². The van der Waals surface area contributed by atoms with Gasteiger partial charge in [-0.2, -0.15) is 0 Å². The molecule has 1 saturated heterocycles. The van der Waals surface area contributed by atoms with Gasteiger partial charge in [-0.05, 0) is 25.1 Å². The predicted molar refractivity (Wildman–Crippen MR) is 104 cm³/mol. The number of carbonyl (C=O) groups is 1. The number of non-ortho nitro benzene ring substituents is 1. The smallest absolute Gasteiger partial charge is 0.269 e. The Bertz CT molecular complexity index is 836. The number of halogens is 1. The third-order valence-corrected chi connectivity index (χ3v) is 5.03. The van der Waals surface area contributed by atoms with Gasteiger partial charge in [-0.1, -0.05) is 18.2 Å². The average Bonchev–Trinajstić information content (AvgIpc) is 2.70. The number of benzene rings is 2. The van der Waals surface area contributed by atoms with E-state index in [9.17, 15) is 19.3 Å². The molecule has 0 radical (unpaired) electrons. The van der Waals surface area contributed by atoms with Crippen LogP contribution in [0.5, 0.6) is 0 Å². The van der Waals surface area contributed by atoms with Gasteiger partial charge in [-0.25, -0.2) is 4.39 Å². The van der Waals surface area contributed by atoms with Crippen molar-refractivity contribution in [3.63, 3.8) is 0 Å². The molecular weight excluding hydrogens is 363 g/mol. The minimum absolute atomic E-state index is 0.0166. The lowest BCUT2D eigenvalue weighted by molar-refractivity contribution is -0.384. The number of nitrogens with one attached hydrogen (secondary N) is 1. The summed E-state index contributed by atoms with van der Waals surface area (Å²) in [5.74, 6) is -0.350. The van der Waals surface area contributed by atoms with Crippen LogP contribution in [0.2, 0.25) is 0 Å². The third-order valence-electron chi connectivity index (χ3n) is 5.03. The highest BCUT2D eigenvalue weighted by Crippen LogP contribution is 2.17. The summed E-state index contributed by atoms with van der Waals surface area (Å²) in [7, 11) is 0. The second kappa shape index (κ2) is 8.90. The number of nitro groups is 1. The monoisotopic (exact) mass is 386 g/mol. The maximum absolute atomic E-state index is 13.8. The van der Waals surface area contributed by atoms with Gasteiger partial charge in [0.1, 0.15) is 5.82 Å². The molecule has 2 aromatic rings. The van der Waals surface area contributed by atoms with Gasteiger partial charge in [-0.3, -0.25) is 24.7 Å². The first-order valence-electron chi connectivity index (χ1n) is 9.19. The van der Waals surface area contributed by atoms with E-state index in [1.807, 2.05) is 13.0 Å². The van der Waals surface area contributed by atoms with Gasteiger partial charge >= 0.3 is 0 Å². The Labute approximate surface area is 162 Å². The van der Waals surface area contributed by atoms with Crippen LogP contribution in [0.3, 0.4) is 0 Å². The fraction of sp³-hybridized carbons (Fsp3) is 0.350. The highest BCUT2D eigenvalue weighted by molar-refractivity contribution is 5.94. The number of carbonyl (C=O) groups excluding carboxylic acids is 1. The molecule has 1 fully saturated rings. The van der Waals surface area contributed by atoms with Gasteiger partial charge in [-0.15, -0.1) is 0 Å². The lowest BCUT2D eigenvalue weighted by atomic mass is 10.1. The molecule has 1 unspecified atom stereocenters. The number of piperazine rings is 1. The first-order valence-corrected chi connectivity index (χ1v) is 9.19. The van der Waals surface area contributed by atoms with E-state index in [0.29, 0.717) is 30.9 Å². The standard InChI is InChI=1S/C20H23FN4O3/c1-15(20(26)22-17-6-8-18(9-7-17)25(27)28)24-12-10-23(11-13-24)14-16-4-2-3-5-19(16)21/h2-9,15H,10-14H2,1H3,(H,22,26). The molecule has 2 aromatic carbocycles. The molecular formula is C20H23FN4O3. The van der Waals surface area contributed by atoms with Gasteiger partial charge in [0, 0.05) is 56.1 Å². The Morgan fingerprint density at radius 2 is 1.79 bits per heavy atom. The van der Waals surface area contributed by atoms with Crippen molar-refractivity contribution in [1.29, 1.82) is 0 Å². The summed E-state index contributed by atoms with van der Waals surface area (Å²) in [5.41, 5.74) is 1.19. The second-order valence-corrected chi connectivity index (χ2v) is 6.87. The van der Waals surface area contributed by atoms with Crippen molar-refractivity contribution >= 4 is 17.3 Å². The van der Waals surface area contributed by atoms with Gasteiger partial charge in [0.25, 0.3) is 5.69 Å². The van der Waals surface area contributed by atoms with Crippen LogP contribution in [0.25, 0.3) is 0 Å². The number of amides is 1. The van der Waals surface area contributed by atoms with E-state index < -0.39 is 4.92 Å². The van der Waals surface area contributed by atoms with E-state index in [1.165, 1.54) is 30.3 Å². The van der Waals surface area contributed by atoms with Crippen LogP contribution in [0.15, 0.2) is 48.5 Å². The summed E-state index contributed by atoms with van der Waals surface area (Å²) in [4.78, 5) is 27.0. The average molecular weight is 386 g/mol. The zero-order valence-corrected chi connectivity index (χ0v) is 15.7. The summed E-state index contributed by atoms with van der Waals surface area (Å²) in [5, 5.41) is 13.5. The minimum Gasteiger partial charge on any atom is -0.325 e. The van der Waals surface area contributed by atoms with Crippen LogP contribution in [0.1, 0.15) is 12.5 Å². The van der Waals surface area contributed by atoms with Crippen molar-refractivity contribution in [2.24, 2.45) is 0 Å². The zero-order valence-electron chi connectivity index (χ0n) is 15.7. The molecule has 0 saturated carbocycles. The largest absolute Gasteiger partial charge is 0.325 e. The predicted octanol–water partition coefficient (Wildman–Crippen LogP) is 2.88. The minimum atomic E-state index is -0.477. The van der Waals surface area contributed by atoms with E-state index in [2.05, 4.69) is 15.1 Å². The molecule has 0 bridgehead atoms. The van der Waals surface area contributed by atoms with E-state index in [4.69, 9.17) is 0 Å². The number of nitro benzene ring substituents is 1. The summed E-state index contributed by atoms with van der Waals surface area (Å²) < 4.78 is 13.8. The number of rotatable bonds is 6. The van der Waals surface area contributed by atoms with Gasteiger partial charge in [0.2, 0.25) is 5.91 Å². The van der Waals surface area contributed by atoms with Crippen molar-refractivity contribution < 1.29 is 14.1 Å². The quantitative estimate of drug-likeness (QED) is 0.610. The van der Waals surface area contributed by atoms with Crippen LogP contribution in [-0.4, -0.2) is 52.9 Å².